The van der Waals surface area contributed by atoms with E-state index >= 15 is 0 Å². The fraction of sp³-hybridized carbons (Fsp3) is 0.944. The molecule has 116 valence electrons. The summed E-state index contributed by atoms with van der Waals surface area (Å²) >= 11 is 0. The van der Waals surface area contributed by atoms with Gasteiger partial charge >= 0.3 is 0 Å². The van der Waals surface area contributed by atoms with Crippen molar-refractivity contribution in [1.82, 2.24) is 4.90 Å². The first-order valence-corrected chi connectivity index (χ1v) is 8.76. The summed E-state index contributed by atoms with van der Waals surface area (Å²) in [6.07, 6.45) is 11.3. The SMILES string of the molecule is CCC1(CC)CCN(CC2(C=O)CCC(C)CC2)CC1. The van der Waals surface area contributed by atoms with E-state index in [1.165, 1.54) is 57.9 Å². The Morgan fingerprint density at radius 1 is 1.05 bits per heavy atom. The molecule has 0 spiro atoms. The van der Waals surface area contributed by atoms with E-state index < -0.39 is 0 Å². The van der Waals surface area contributed by atoms with Crippen molar-refractivity contribution < 1.29 is 4.79 Å². The van der Waals surface area contributed by atoms with E-state index in [-0.39, 0.29) is 5.41 Å². The highest BCUT2D eigenvalue weighted by Crippen LogP contribution is 2.41. The van der Waals surface area contributed by atoms with Crippen molar-refractivity contribution in [3.63, 3.8) is 0 Å². The number of rotatable bonds is 5. The number of nitrogens with zero attached hydrogens (tertiary/aromatic N) is 1. The maximum atomic E-state index is 11.7. The molecule has 0 bridgehead atoms. The van der Waals surface area contributed by atoms with Crippen molar-refractivity contribution in [3.05, 3.63) is 0 Å². The minimum atomic E-state index is -0.0229. The largest absolute Gasteiger partial charge is 0.303 e. The molecule has 20 heavy (non-hydrogen) atoms. The van der Waals surface area contributed by atoms with E-state index in [1.54, 1.807) is 0 Å². The number of hydrogen-bond acceptors (Lipinski definition) is 2. The summed E-state index contributed by atoms with van der Waals surface area (Å²) in [5.74, 6) is 0.817. The van der Waals surface area contributed by atoms with Gasteiger partial charge in [0.2, 0.25) is 0 Å². The third-order valence-corrected chi connectivity index (χ3v) is 6.48. The van der Waals surface area contributed by atoms with Crippen molar-refractivity contribution in [1.29, 1.82) is 0 Å². The van der Waals surface area contributed by atoms with Crippen LogP contribution in [0.1, 0.15) is 72.1 Å². The first-order chi connectivity index (χ1) is 9.57. The van der Waals surface area contributed by atoms with E-state index in [0.29, 0.717) is 5.41 Å². The molecule has 2 rings (SSSR count). The molecule has 0 aromatic heterocycles. The quantitative estimate of drug-likeness (QED) is 0.700. The Morgan fingerprint density at radius 3 is 2.05 bits per heavy atom. The normalized spacial score (nSPS) is 34.9. The molecule has 1 aliphatic heterocycles. The molecule has 1 heterocycles. The van der Waals surface area contributed by atoms with E-state index in [9.17, 15) is 4.79 Å². The summed E-state index contributed by atoms with van der Waals surface area (Å²) in [5.41, 5.74) is 0.566. The van der Waals surface area contributed by atoms with E-state index in [4.69, 9.17) is 0 Å². The fourth-order valence-electron chi connectivity index (χ4n) is 4.24. The maximum absolute atomic E-state index is 11.7. The second-order valence-corrected chi connectivity index (χ2v) is 7.65. The second-order valence-electron chi connectivity index (χ2n) is 7.65. The van der Waals surface area contributed by atoms with Gasteiger partial charge in [0.1, 0.15) is 6.29 Å². The first-order valence-electron chi connectivity index (χ1n) is 8.76. The van der Waals surface area contributed by atoms with Crippen LogP contribution in [0.15, 0.2) is 0 Å². The van der Waals surface area contributed by atoms with Gasteiger partial charge in [-0.2, -0.15) is 0 Å². The molecule has 0 aromatic carbocycles. The Kier molecular flexibility index (Phi) is 5.28. The summed E-state index contributed by atoms with van der Waals surface area (Å²) in [6.45, 7) is 10.4. The molecular formula is C18H33NO. The lowest BCUT2D eigenvalue weighted by atomic mass is 9.70. The van der Waals surface area contributed by atoms with E-state index in [2.05, 4.69) is 25.7 Å². The smallest absolute Gasteiger partial charge is 0.127 e. The monoisotopic (exact) mass is 279 g/mol. The van der Waals surface area contributed by atoms with Crippen LogP contribution in [0.2, 0.25) is 0 Å². The Hall–Kier alpha value is -0.370. The molecule has 1 saturated heterocycles. The third kappa shape index (κ3) is 3.44. The van der Waals surface area contributed by atoms with Crippen LogP contribution < -0.4 is 0 Å². The summed E-state index contributed by atoms with van der Waals surface area (Å²) in [6, 6.07) is 0. The number of piperidine rings is 1. The molecule has 0 atom stereocenters. The minimum Gasteiger partial charge on any atom is -0.303 e. The third-order valence-electron chi connectivity index (χ3n) is 6.48. The fourth-order valence-corrected chi connectivity index (χ4v) is 4.24. The van der Waals surface area contributed by atoms with Crippen LogP contribution in [0.3, 0.4) is 0 Å². The van der Waals surface area contributed by atoms with Crippen molar-refractivity contribution in [2.24, 2.45) is 16.7 Å². The van der Waals surface area contributed by atoms with Gasteiger partial charge in [-0.05, 0) is 62.9 Å². The number of hydrogen-bond donors (Lipinski definition) is 0. The van der Waals surface area contributed by atoms with E-state index in [1.807, 2.05) is 0 Å². The molecule has 2 aliphatic rings. The van der Waals surface area contributed by atoms with Gasteiger partial charge in [0.05, 0.1) is 0 Å². The molecule has 0 unspecified atom stereocenters. The summed E-state index contributed by atoms with van der Waals surface area (Å²) in [5, 5.41) is 0. The van der Waals surface area contributed by atoms with Crippen molar-refractivity contribution in [3.8, 4) is 0 Å². The van der Waals surface area contributed by atoms with Gasteiger partial charge in [-0.1, -0.05) is 33.6 Å². The van der Waals surface area contributed by atoms with Crippen LogP contribution >= 0.6 is 0 Å². The first kappa shape index (κ1) is 16.0. The minimum absolute atomic E-state index is 0.0229. The van der Waals surface area contributed by atoms with Crippen LogP contribution in [0.25, 0.3) is 0 Å². The Bertz CT molecular complexity index is 303. The Morgan fingerprint density at radius 2 is 1.60 bits per heavy atom. The van der Waals surface area contributed by atoms with Crippen LogP contribution in [0.5, 0.6) is 0 Å². The lowest BCUT2D eigenvalue weighted by Gasteiger charge is -2.45. The number of likely N-dealkylation sites (tertiary alicyclic amines) is 1. The zero-order valence-electron chi connectivity index (χ0n) is 13.8. The average Bonchev–Trinajstić information content (AvgIpc) is 2.51. The number of carbonyl (C=O) groups is 1. The predicted molar refractivity (Wildman–Crippen MR) is 84.8 cm³/mol. The van der Waals surface area contributed by atoms with Crippen molar-refractivity contribution in [2.75, 3.05) is 19.6 Å². The highest BCUT2D eigenvalue weighted by Gasteiger charge is 2.38. The van der Waals surface area contributed by atoms with Gasteiger partial charge in [0, 0.05) is 12.0 Å². The Balaban J connectivity index is 1.89. The van der Waals surface area contributed by atoms with E-state index in [0.717, 1.165) is 25.3 Å². The maximum Gasteiger partial charge on any atom is 0.127 e. The molecule has 0 N–H and O–H groups in total. The molecule has 0 amide bonds. The van der Waals surface area contributed by atoms with Crippen LogP contribution in [-0.2, 0) is 4.79 Å². The molecule has 0 aromatic rings. The summed E-state index contributed by atoms with van der Waals surface area (Å²) in [4.78, 5) is 14.3. The zero-order valence-corrected chi connectivity index (χ0v) is 13.8. The molecule has 2 nitrogen and oxygen atoms in total. The van der Waals surface area contributed by atoms with Crippen LogP contribution in [0.4, 0.5) is 0 Å². The molecular weight excluding hydrogens is 246 g/mol. The van der Waals surface area contributed by atoms with Gasteiger partial charge < -0.3 is 9.69 Å². The summed E-state index contributed by atoms with van der Waals surface area (Å²) in [7, 11) is 0. The standard InChI is InChI=1S/C18H33NO/c1-4-17(5-2)10-12-19(13-11-17)14-18(15-20)8-6-16(3)7-9-18/h15-16H,4-14H2,1-3H3. The lowest BCUT2D eigenvalue weighted by Crippen LogP contribution is -2.46. The van der Waals surface area contributed by atoms with Gasteiger partial charge in [0.25, 0.3) is 0 Å². The molecule has 1 saturated carbocycles. The number of carbonyl (C=O) groups excluding carboxylic acids is 1. The zero-order chi connectivity index (χ0) is 14.6. The van der Waals surface area contributed by atoms with Gasteiger partial charge in [-0.25, -0.2) is 0 Å². The van der Waals surface area contributed by atoms with Crippen LogP contribution in [0, 0.1) is 16.7 Å². The molecule has 2 heteroatoms. The second kappa shape index (κ2) is 6.60. The highest BCUT2D eigenvalue weighted by molar-refractivity contribution is 5.60. The van der Waals surface area contributed by atoms with Crippen LogP contribution in [-0.4, -0.2) is 30.8 Å². The van der Waals surface area contributed by atoms with Gasteiger partial charge in [0.15, 0.2) is 0 Å². The average molecular weight is 279 g/mol. The molecule has 0 radical (unpaired) electrons. The van der Waals surface area contributed by atoms with Gasteiger partial charge in [-0.15, -0.1) is 0 Å². The number of aldehydes is 1. The predicted octanol–water partition coefficient (Wildman–Crippen LogP) is 4.28. The Labute approximate surface area is 125 Å². The molecule has 2 fully saturated rings. The van der Waals surface area contributed by atoms with Gasteiger partial charge in [-0.3, -0.25) is 0 Å². The van der Waals surface area contributed by atoms with Crippen molar-refractivity contribution in [2.45, 2.75) is 72.1 Å². The topological polar surface area (TPSA) is 20.3 Å². The highest BCUT2D eigenvalue weighted by atomic mass is 16.1. The summed E-state index contributed by atoms with van der Waals surface area (Å²) < 4.78 is 0. The van der Waals surface area contributed by atoms with Crippen molar-refractivity contribution >= 4 is 6.29 Å². The molecule has 1 aliphatic carbocycles. The lowest BCUT2D eigenvalue weighted by molar-refractivity contribution is -0.120.